The zero-order chi connectivity index (χ0) is 23.0. The Bertz CT molecular complexity index is 1050. The van der Waals surface area contributed by atoms with Crippen molar-refractivity contribution in [2.24, 2.45) is 0 Å². The lowest BCUT2D eigenvalue weighted by Gasteiger charge is -2.40. The van der Waals surface area contributed by atoms with E-state index in [1.807, 2.05) is 12.1 Å². The van der Waals surface area contributed by atoms with Gasteiger partial charge < -0.3 is 25.2 Å². The molecule has 8 nitrogen and oxygen atoms in total. The van der Waals surface area contributed by atoms with Crippen LogP contribution in [0.1, 0.15) is 47.1 Å². The van der Waals surface area contributed by atoms with Gasteiger partial charge in [0.1, 0.15) is 30.5 Å². The zero-order valence-corrected chi connectivity index (χ0v) is 18.6. The van der Waals surface area contributed by atoms with E-state index >= 15 is 0 Å². The second-order valence-corrected chi connectivity index (χ2v) is 10.4. The maximum Gasteiger partial charge on any atom is 0.240 e. The predicted octanol–water partition coefficient (Wildman–Crippen LogP) is 0.578. The van der Waals surface area contributed by atoms with Crippen molar-refractivity contribution in [1.82, 2.24) is 4.72 Å². The summed E-state index contributed by atoms with van der Waals surface area (Å²) < 4.78 is 33.2. The van der Waals surface area contributed by atoms with Crippen molar-refractivity contribution in [2.45, 2.75) is 60.6 Å². The molecule has 5 atom stereocenters. The van der Waals surface area contributed by atoms with Crippen LogP contribution >= 0.6 is 0 Å². The van der Waals surface area contributed by atoms with Crippen molar-refractivity contribution in [3.05, 3.63) is 64.7 Å². The lowest BCUT2D eigenvalue weighted by Crippen LogP contribution is -2.55. The van der Waals surface area contributed by atoms with Crippen LogP contribution in [0.2, 0.25) is 0 Å². The van der Waals surface area contributed by atoms with Gasteiger partial charge in [-0.25, -0.2) is 13.1 Å². The SMILES string of the molecule is CNS(=O)(=O)c1ccc([C@@H]2O[C@H](CO)[C@@H](O)[C@H](O)[C@H]2O)cc1Cc1ccc(C2CC2)cc1. The minimum Gasteiger partial charge on any atom is -0.394 e. The summed E-state index contributed by atoms with van der Waals surface area (Å²) in [6.07, 6.45) is -3.75. The molecule has 0 aromatic heterocycles. The third kappa shape index (κ3) is 4.60. The summed E-state index contributed by atoms with van der Waals surface area (Å²) in [4.78, 5) is 0.111. The van der Waals surface area contributed by atoms with E-state index in [4.69, 9.17) is 4.74 Å². The molecule has 0 bridgehead atoms. The average molecular weight is 464 g/mol. The Morgan fingerprint density at radius 2 is 1.62 bits per heavy atom. The van der Waals surface area contributed by atoms with Gasteiger partial charge in [-0.05, 0) is 60.5 Å². The first-order chi connectivity index (χ1) is 15.2. The number of aliphatic hydroxyl groups excluding tert-OH is 4. The van der Waals surface area contributed by atoms with Gasteiger partial charge in [0.15, 0.2) is 0 Å². The summed E-state index contributed by atoms with van der Waals surface area (Å²) in [6, 6.07) is 12.7. The Kier molecular flexibility index (Phi) is 6.69. The fourth-order valence-corrected chi connectivity index (χ4v) is 5.15. The number of benzene rings is 2. The molecule has 0 unspecified atom stereocenters. The van der Waals surface area contributed by atoms with Gasteiger partial charge in [-0.15, -0.1) is 0 Å². The van der Waals surface area contributed by atoms with Crippen LogP contribution in [-0.2, 0) is 21.2 Å². The minimum absolute atomic E-state index is 0.111. The van der Waals surface area contributed by atoms with Crippen molar-refractivity contribution in [3.63, 3.8) is 0 Å². The van der Waals surface area contributed by atoms with Gasteiger partial charge in [0.25, 0.3) is 0 Å². The second kappa shape index (κ2) is 9.18. The van der Waals surface area contributed by atoms with Crippen LogP contribution < -0.4 is 4.72 Å². The molecule has 0 spiro atoms. The van der Waals surface area contributed by atoms with Crippen molar-refractivity contribution < 1.29 is 33.6 Å². The average Bonchev–Trinajstić information content (AvgIpc) is 3.64. The Morgan fingerprint density at radius 1 is 0.969 bits per heavy atom. The molecule has 9 heteroatoms. The molecule has 5 N–H and O–H groups in total. The van der Waals surface area contributed by atoms with E-state index in [1.165, 1.54) is 37.6 Å². The number of ether oxygens (including phenoxy) is 1. The van der Waals surface area contributed by atoms with E-state index in [0.29, 0.717) is 23.5 Å². The molecule has 1 saturated heterocycles. The Labute approximate surface area is 187 Å². The number of rotatable bonds is 7. The third-order valence-corrected chi connectivity index (χ3v) is 7.80. The number of hydrogen-bond acceptors (Lipinski definition) is 7. The quantitative estimate of drug-likeness (QED) is 0.405. The van der Waals surface area contributed by atoms with Crippen LogP contribution in [0.4, 0.5) is 0 Å². The fourth-order valence-electron chi connectivity index (χ4n) is 4.21. The van der Waals surface area contributed by atoms with Crippen LogP contribution in [0, 0.1) is 0 Å². The van der Waals surface area contributed by atoms with Crippen LogP contribution in [0.5, 0.6) is 0 Å². The smallest absolute Gasteiger partial charge is 0.240 e. The highest BCUT2D eigenvalue weighted by Gasteiger charge is 2.44. The molecule has 1 aliphatic heterocycles. The number of sulfonamides is 1. The number of hydrogen-bond donors (Lipinski definition) is 5. The second-order valence-electron chi connectivity index (χ2n) is 8.52. The molecule has 174 valence electrons. The van der Waals surface area contributed by atoms with Gasteiger partial charge >= 0.3 is 0 Å². The van der Waals surface area contributed by atoms with Gasteiger partial charge in [-0.3, -0.25) is 0 Å². The van der Waals surface area contributed by atoms with E-state index in [9.17, 15) is 28.8 Å². The molecule has 1 aliphatic carbocycles. The molecule has 1 heterocycles. The van der Waals surface area contributed by atoms with Crippen LogP contribution in [0.25, 0.3) is 0 Å². The molecule has 2 fully saturated rings. The van der Waals surface area contributed by atoms with E-state index < -0.39 is 47.2 Å². The highest BCUT2D eigenvalue weighted by Crippen LogP contribution is 2.40. The molecular formula is C23H29NO7S. The van der Waals surface area contributed by atoms with Crippen LogP contribution in [0.3, 0.4) is 0 Å². The maximum atomic E-state index is 12.6. The maximum absolute atomic E-state index is 12.6. The Hall–Kier alpha value is -1.85. The monoisotopic (exact) mass is 463 g/mol. The molecule has 0 amide bonds. The Balaban J connectivity index is 1.69. The molecule has 2 aliphatic rings. The molecule has 2 aromatic carbocycles. The van der Waals surface area contributed by atoms with Gasteiger partial charge in [0.2, 0.25) is 10.0 Å². The first-order valence-corrected chi connectivity index (χ1v) is 12.2. The van der Waals surface area contributed by atoms with E-state index in [-0.39, 0.29) is 4.90 Å². The molecule has 32 heavy (non-hydrogen) atoms. The van der Waals surface area contributed by atoms with Crippen LogP contribution in [0.15, 0.2) is 47.4 Å². The van der Waals surface area contributed by atoms with Crippen LogP contribution in [-0.4, -0.2) is 66.9 Å². The van der Waals surface area contributed by atoms with E-state index in [1.54, 1.807) is 6.07 Å². The minimum atomic E-state index is -3.74. The van der Waals surface area contributed by atoms with Gasteiger partial charge in [-0.2, -0.15) is 0 Å². The normalized spacial score (nSPS) is 28.6. The molecule has 1 saturated carbocycles. The number of nitrogens with one attached hydrogen (secondary N) is 1. The van der Waals surface area contributed by atoms with Gasteiger partial charge in [0, 0.05) is 0 Å². The first kappa shape index (κ1) is 23.3. The summed E-state index contributed by atoms with van der Waals surface area (Å²) in [5.41, 5.74) is 3.18. The molecule has 4 rings (SSSR count). The largest absolute Gasteiger partial charge is 0.394 e. The van der Waals surface area contributed by atoms with E-state index in [0.717, 1.165) is 5.56 Å². The lowest BCUT2D eigenvalue weighted by atomic mass is 9.90. The summed E-state index contributed by atoms with van der Waals surface area (Å²) in [5, 5.41) is 40.1. The third-order valence-electron chi connectivity index (χ3n) is 6.29. The predicted molar refractivity (Wildman–Crippen MR) is 117 cm³/mol. The van der Waals surface area contributed by atoms with Gasteiger partial charge in [0.05, 0.1) is 11.5 Å². The molecule has 2 aromatic rings. The summed E-state index contributed by atoms with van der Waals surface area (Å²) in [6.45, 7) is -0.534. The van der Waals surface area contributed by atoms with Gasteiger partial charge in [-0.1, -0.05) is 36.4 Å². The molecule has 0 radical (unpaired) electrons. The standard InChI is InChI=1S/C23H29NO7S/c1-24-32(29,30)19-9-8-16(23-22(28)21(27)20(26)18(12-25)31-23)11-17(19)10-13-2-4-14(5-3-13)15-6-7-15/h2-5,8-9,11,15,18,20-28H,6-7,10,12H2,1H3/t18-,20-,21+,22-,23+/m1/s1. The number of aliphatic hydroxyl groups is 4. The summed E-state index contributed by atoms with van der Waals surface area (Å²) in [5.74, 6) is 0.624. The highest BCUT2D eigenvalue weighted by molar-refractivity contribution is 7.89. The van der Waals surface area contributed by atoms with E-state index in [2.05, 4.69) is 16.9 Å². The summed E-state index contributed by atoms with van der Waals surface area (Å²) >= 11 is 0. The zero-order valence-electron chi connectivity index (χ0n) is 17.8. The van der Waals surface area contributed by atoms with Crippen molar-refractivity contribution >= 4 is 10.0 Å². The highest BCUT2D eigenvalue weighted by atomic mass is 32.2. The first-order valence-electron chi connectivity index (χ1n) is 10.7. The summed E-state index contributed by atoms with van der Waals surface area (Å²) in [7, 11) is -2.40. The van der Waals surface area contributed by atoms with Crippen molar-refractivity contribution in [3.8, 4) is 0 Å². The Morgan fingerprint density at radius 3 is 2.22 bits per heavy atom. The fraction of sp³-hybridized carbons (Fsp3) is 0.478. The van der Waals surface area contributed by atoms with Crippen molar-refractivity contribution in [1.29, 1.82) is 0 Å². The molecular weight excluding hydrogens is 434 g/mol. The lowest BCUT2D eigenvalue weighted by molar-refractivity contribution is -0.231. The van der Waals surface area contributed by atoms with Crippen molar-refractivity contribution in [2.75, 3.05) is 13.7 Å². The topological polar surface area (TPSA) is 136 Å².